The fourth-order valence-electron chi connectivity index (χ4n) is 3.32. The molecule has 0 amide bonds. The highest BCUT2D eigenvalue weighted by atomic mass is 35.5. The monoisotopic (exact) mass is 485 g/mol. The summed E-state index contributed by atoms with van der Waals surface area (Å²) in [6.45, 7) is 1.84. The number of rotatable bonds is 5. The largest absolute Gasteiger partial charge is 0.345 e. The van der Waals surface area contributed by atoms with Gasteiger partial charge in [-0.25, -0.2) is 17.8 Å². The maximum absolute atomic E-state index is 13.5. The van der Waals surface area contributed by atoms with Crippen molar-refractivity contribution in [2.45, 2.75) is 11.3 Å². The number of anilines is 1. The minimum absolute atomic E-state index is 0.241. The number of hydrogen-bond acceptors (Lipinski definition) is 5. The molecule has 10 heteroatoms. The normalized spacial score (nSPS) is 15.5. The van der Waals surface area contributed by atoms with Gasteiger partial charge in [0.05, 0.1) is 10.6 Å². The Hall–Kier alpha value is -1.71. The zero-order valence-corrected chi connectivity index (χ0v) is 18.9. The number of aromatic nitrogens is 1. The molecule has 0 unspecified atom stereocenters. The van der Waals surface area contributed by atoms with Gasteiger partial charge in [-0.05, 0) is 48.0 Å². The second kappa shape index (κ2) is 8.80. The third-order valence-electron chi connectivity index (χ3n) is 4.81. The lowest BCUT2D eigenvalue weighted by Gasteiger charge is -2.33. The van der Waals surface area contributed by atoms with Crippen molar-refractivity contribution < 1.29 is 12.8 Å². The van der Waals surface area contributed by atoms with Crippen LogP contribution in [-0.4, -0.2) is 43.9 Å². The van der Waals surface area contributed by atoms with Gasteiger partial charge in [0.25, 0.3) is 0 Å². The fourth-order valence-corrected chi connectivity index (χ4v) is 5.99. The number of sulfonamides is 1. The first kappa shape index (κ1) is 21.5. The van der Waals surface area contributed by atoms with Crippen LogP contribution in [0, 0.1) is 5.82 Å². The Labute approximate surface area is 188 Å². The standard InChI is InChI=1S/C20H18Cl2FN3O2S2/c21-15-1-3-19(4-2-15)30(27,28)26-7-5-25(6-8-26)20-24-18(13-29-20)11-14-9-16(22)12-17(23)10-14/h1-4,9-10,12-13H,5-8,11H2. The van der Waals surface area contributed by atoms with E-state index in [-0.39, 0.29) is 10.7 Å². The van der Waals surface area contributed by atoms with Gasteiger partial charge in [-0.1, -0.05) is 23.2 Å². The first-order chi connectivity index (χ1) is 14.3. The van der Waals surface area contributed by atoms with Gasteiger partial charge in [0.15, 0.2) is 5.13 Å². The number of benzene rings is 2. The lowest BCUT2D eigenvalue weighted by Crippen LogP contribution is -2.48. The third kappa shape index (κ3) is 4.78. The molecule has 0 spiro atoms. The zero-order valence-electron chi connectivity index (χ0n) is 15.8. The molecule has 1 aliphatic rings. The van der Waals surface area contributed by atoms with E-state index in [4.69, 9.17) is 23.2 Å². The van der Waals surface area contributed by atoms with E-state index in [0.29, 0.717) is 42.6 Å². The van der Waals surface area contributed by atoms with Crippen LogP contribution < -0.4 is 4.90 Å². The van der Waals surface area contributed by atoms with Crippen LogP contribution >= 0.6 is 34.5 Å². The molecule has 1 fully saturated rings. The average Bonchev–Trinajstić information content (AvgIpc) is 3.16. The second-order valence-electron chi connectivity index (χ2n) is 6.92. The Kier molecular flexibility index (Phi) is 6.31. The molecule has 158 valence electrons. The highest BCUT2D eigenvalue weighted by Gasteiger charge is 2.29. The molecule has 0 atom stereocenters. The molecule has 2 aromatic carbocycles. The van der Waals surface area contributed by atoms with Crippen LogP contribution in [0.2, 0.25) is 10.0 Å². The van der Waals surface area contributed by atoms with Gasteiger partial charge >= 0.3 is 0 Å². The highest BCUT2D eigenvalue weighted by molar-refractivity contribution is 7.89. The van der Waals surface area contributed by atoms with Crippen molar-refractivity contribution >= 4 is 49.7 Å². The van der Waals surface area contributed by atoms with Gasteiger partial charge in [-0.15, -0.1) is 11.3 Å². The fraction of sp³-hybridized carbons (Fsp3) is 0.250. The molecule has 30 heavy (non-hydrogen) atoms. The molecule has 0 bridgehead atoms. The van der Waals surface area contributed by atoms with Crippen LogP contribution in [0.4, 0.5) is 9.52 Å². The first-order valence-corrected chi connectivity index (χ1v) is 12.3. The predicted octanol–water partition coefficient (Wildman–Crippen LogP) is 4.69. The maximum Gasteiger partial charge on any atom is 0.243 e. The highest BCUT2D eigenvalue weighted by Crippen LogP contribution is 2.26. The Morgan fingerprint density at radius 2 is 1.70 bits per heavy atom. The third-order valence-corrected chi connectivity index (χ3v) is 8.14. The summed E-state index contributed by atoms with van der Waals surface area (Å²) in [5.74, 6) is -0.369. The van der Waals surface area contributed by atoms with Crippen molar-refractivity contribution in [2.75, 3.05) is 31.1 Å². The predicted molar refractivity (Wildman–Crippen MR) is 119 cm³/mol. The van der Waals surface area contributed by atoms with Gasteiger partial charge in [0.1, 0.15) is 5.82 Å². The van der Waals surface area contributed by atoms with Crippen molar-refractivity contribution in [2.24, 2.45) is 0 Å². The maximum atomic E-state index is 13.5. The summed E-state index contributed by atoms with van der Waals surface area (Å²) in [5.41, 5.74) is 1.59. The Bertz CT molecular complexity index is 1120. The molecule has 5 nitrogen and oxygen atoms in total. The van der Waals surface area contributed by atoms with Gasteiger partial charge in [0, 0.05) is 48.0 Å². The topological polar surface area (TPSA) is 53.5 Å². The van der Waals surface area contributed by atoms with E-state index in [2.05, 4.69) is 9.88 Å². The van der Waals surface area contributed by atoms with Gasteiger partial charge in [-0.3, -0.25) is 0 Å². The Balaban J connectivity index is 1.40. The van der Waals surface area contributed by atoms with Crippen LogP contribution in [0.5, 0.6) is 0 Å². The average molecular weight is 486 g/mol. The molecule has 4 rings (SSSR count). The van der Waals surface area contributed by atoms with Crippen LogP contribution in [-0.2, 0) is 16.4 Å². The second-order valence-corrected chi connectivity index (χ2v) is 10.6. The van der Waals surface area contributed by atoms with Crippen LogP contribution in [0.25, 0.3) is 0 Å². The minimum atomic E-state index is -3.55. The number of nitrogens with zero attached hydrogens (tertiary/aromatic N) is 3. The lowest BCUT2D eigenvalue weighted by atomic mass is 10.1. The summed E-state index contributed by atoms with van der Waals surface area (Å²) in [6.07, 6.45) is 0.485. The van der Waals surface area contributed by atoms with Crippen molar-refractivity contribution in [1.29, 1.82) is 0 Å². The summed E-state index contributed by atoms with van der Waals surface area (Å²) in [6, 6.07) is 10.7. The van der Waals surface area contributed by atoms with Crippen molar-refractivity contribution in [1.82, 2.24) is 9.29 Å². The van der Waals surface area contributed by atoms with E-state index in [9.17, 15) is 12.8 Å². The Morgan fingerprint density at radius 1 is 1.00 bits per heavy atom. The summed E-state index contributed by atoms with van der Waals surface area (Å²) in [5, 5.41) is 3.62. The van der Waals surface area contributed by atoms with E-state index in [0.717, 1.165) is 16.4 Å². The molecule has 0 saturated carbocycles. The molecule has 0 aliphatic carbocycles. The molecule has 2 heterocycles. The molecule has 1 aromatic heterocycles. The smallest absolute Gasteiger partial charge is 0.243 e. The number of hydrogen-bond donors (Lipinski definition) is 0. The van der Waals surface area contributed by atoms with Crippen molar-refractivity contribution in [3.8, 4) is 0 Å². The molecular formula is C20H18Cl2FN3O2S2. The summed E-state index contributed by atoms with van der Waals surface area (Å²) in [4.78, 5) is 6.95. The van der Waals surface area contributed by atoms with Crippen molar-refractivity contribution in [3.63, 3.8) is 0 Å². The number of piperazine rings is 1. The van der Waals surface area contributed by atoms with E-state index in [1.807, 2.05) is 5.38 Å². The molecular weight excluding hydrogens is 468 g/mol. The first-order valence-electron chi connectivity index (χ1n) is 9.21. The van der Waals surface area contributed by atoms with Gasteiger partial charge in [0.2, 0.25) is 10.0 Å². The SMILES string of the molecule is O=S(=O)(c1ccc(Cl)cc1)N1CCN(c2nc(Cc3cc(F)cc(Cl)c3)cs2)CC1. The summed E-state index contributed by atoms with van der Waals surface area (Å²) >= 11 is 13.3. The molecule has 1 saturated heterocycles. The van der Waals surface area contributed by atoms with E-state index >= 15 is 0 Å². The Morgan fingerprint density at radius 3 is 2.37 bits per heavy atom. The molecule has 0 radical (unpaired) electrons. The number of halogens is 3. The van der Waals surface area contributed by atoms with Gasteiger partial charge < -0.3 is 4.90 Å². The van der Waals surface area contributed by atoms with Crippen LogP contribution in [0.1, 0.15) is 11.3 Å². The van der Waals surface area contributed by atoms with E-state index in [1.165, 1.54) is 39.9 Å². The molecule has 1 aliphatic heterocycles. The molecule has 0 N–H and O–H groups in total. The van der Waals surface area contributed by atoms with E-state index in [1.54, 1.807) is 18.2 Å². The number of thiazole rings is 1. The quantitative estimate of drug-likeness (QED) is 0.525. The summed E-state index contributed by atoms with van der Waals surface area (Å²) in [7, 11) is -3.55. The van der Waals surface area contributed by atoms with Crippen molar-refractivity contribution in [3.05, 3.63) is 75.0 Å². The van der Waals surface area contributed by atoms with E-state index < -0.39 is 10.0 Å². The van der Waals surface area contributed by atoms with Crippen LogP contribution in [0.3, 0.4) is 0 Å². The zero-order chi connectivity index (χ0) is 21.3. The summed E-state index contributed by atoms with van der Waals surface area (Å²) < 4.78 is 40.6. The van der Waals surface area contributed by atoms with Gasteiger partial charge in [-0.2, -0.15) is 4.31 Å². The van der Waals surface area contributed by atoms with Crippen LogP contribution in [0.15, 0.2) is 52.7 Å². The molecule has 3 aromatic rings. The minimum Gasteiger partial charge on any atom is -0.345 e. The lowest BCUT2D eigenvalue weighted by molar-refractivity contribution is 0.384.